The molecule has 2 N–H and O–H groups in total. The lowest BCUT2D eigenvalue weighted by atomic mass is 9.76. The number of rotatable bonds is 2. The fraction of sp³-hybridized carbons (Fsp3) is 0.455. The normalized spacial score (nSPS) is 25.6. The van der Waals surface area contributed by atoms with Gasteiger partial charge in [0.05, 0.1) is 7.11 Å². The van der Waals surface area contributed by atoms with Crippen molar-refractivity contribution in [3.05, 3.63) is 28.8 Å². The van der Waals surface area contributed by atoms with Crippen molar-refractivity contribution >= 4 is 11.6 Å². The summed E-state index contributed by atoms with van der Waals surface area (Å²) in [6.07, 6.45) is 2.10. The van der Waals surface area contributed by atoms with E-state index in [0.29, 0.717) is 12.0 Å². The van der Waals surface area contributed by atoms with Crippen LogP contribution in [0.3, 0.4) is 0 Å². The second-order valence-electron chi connectivity index (χ2n) is 3.82. The molecule has 0 heterocycles. The molecule has 0 radical (unpaired) electrons. The molecule has 1 aliphatic carbocycles. The fourth-order valence-electron chi connectivity index (χ4n) is 1.88. The summed E-state index contributed by atoms with van der Waals surface area (Å²) in [5, 5.41) is 0.793. The molecule has 0 aliphatic heterocycles. The lowest BCUT2D eigenvalue weighted by Crippen LogP contribution is -2.34. The van der Waals surface area contributed by atoms with Crippen LogP contribution in [-0.4, -0.2) is 13.2 Å². The minimum Gasteiger partial charge on any atom is -0.497 e. The van der Waals surface area contributed by atoms with E-state index in [1.165, 1.54) is 5.56 Å². The Labute approximate surface area is 89.0 Å². The first-order valence-corrected chi connectivity index (χ1v) is 5.17. The van der Waals surface area contributed by atoms with Crippen LogP contribution in [0.5, 0.6) is 5.75 Å². The van der Waals surface area contributed by atoms with Crippen LogP contribution < -0.4 is 10.5 Å². The van der Waals surface area contributed by atoms with Crippen LogP contribution in [0, 0.1) is 0 Å². The highest BCUT2D eigenvalue weighted by molar-refractivity contribution is 6.31. The number of hydrogen-bond donors (Lipinski definition) is 1. The zero-order chi connectivity index (χ0) is 10.1. The van der Waals surface area contributed by atoms with E-state index >= 15 is 0 Å². The Bertz CT molecular complexity index is 334. The lowest BCUT2D eigenvalue weighted by Gasteiger charge is -2.33. The fourth-order valence-corrected chi connectivity index (χ4v) is 2.21. The van der Waals surface area contributed by atoms with Gasteiger partial charge in [-0.05, 0) is 36.5 Å². The molecular weight excluding hydrogens is 198 g/mol. The van der Waals surface area contributed by atoms with E-state index in [2.05, 4.69) is 0 Å². The zero-order valence-corrected chi connectivity index (χ0v) is 8.92. The van der Waals surface area contributed by atoms with Gasteiger partial charge < -0.3 is 10.5 Å². The van der Waals surface area contributed by atoms with Crippen LogP contribution in [-0.2, 0) is 0 Å². The van der Waals surface area contributed by atoms with E-state index in [9.17, 15) is 0 Å². The van der Waals surface area contributed by atoms with Crippen molar-refractivity contribution < 1.29 is 4.74 Å². The molecule has 1 aromatic carbocycles. The lowest BCUT2D eigenvalue weighted by molar-refractivity contribution is 0.351. The molecule has 0 atom stereocenters. The van der Waals surface area contributed by atoms with Gasteiger partial charge in [0.1, 0.15) is 5.75 Å². The average Bonchev–Trinajstić information content (AvgIpc) is 2.13. The van der Waals surface area contributed by atoms with Crippen molar-refractivity contribution in [3.63, 3.8) is 0 Å². The number of methoxy groups -OCH3 is 1. The van der Waals surface area contributed by atoms with E-state index in [0.717, 1.165) is 23.6 Å². The van der Waals surface area contributed by atoms with E-state index in [1.54, 1.807) is 7.11 Å². The molecule has 2 nitrogen and oxygen atoms in total. The molecule has 76 valence electrons. The summed E-state index contributed by atoms with van der Waals surface area (Å²) in [4.78, 5) is 0. The molecule has 14 heavy (non-hydrogen) atoms. The molecule has 0 unspecified atom stereocenters. The summed E-state index contributed by atoms with van der Waals surface area (Å²) in [5.41, 5.74) is 6.95. The van der Waals surface area contributed by atoms with Gasteiger partial charge in [0.2, 0.25) is 0 Å². The SMILES string of the molecule is COc1ccc(C2CC(N)C2)c(Cl)c1. The first-order chi connectivity index (χ1) is 6.70. The third-order valence-electron chi connectivity index (χ3n) is 2.82. The van der Waals surface area contributed by atoms with Gasteiger partial charge in [-0.15, -0.1) is 0 Å². The Balaban J connectivity index is 2.18. The van der Waals surface area contributed by atoms with Crippen LogP contribution in [0.2, 0.25) is 5.02 Å². The van der Waals surface area contributed by atoms with E-state index < -0.39 is 0 Å². The maximum atomic E-state index is 6.14. The van der Waals surface area contributed by atoms with Crippen LogP contribution in [0.1, 0.15) is 24.3 Å². The Kier molecular flexibility index (Phi) is 2.66. The molecule has 0 saturated heterocycles. The number of nitrogens with two attached hydrogens (primary N) is 1. The van der Waals surface area contributed by atoms with Gasteiger partial charge in [-0.1, -0.05) is 17.7 Å². The topological polar surface area (TPSA) is 35.2 Å². The highest BCUT2D eigenvalue weighted by atomic mass is 35.5. The standard InChI is InChI=1S/C11H14ClNO/c1-14-9-2-3-10(11(12)6-9)7-4-8(13)5-7/h2-3,6-8H,4-5,13H2,1H3. The molecule has 0 amide bonds. The summed E-state index contributed by atoms with van der Waals surface area (Å²) in [7, 11) is 1.64. The maximum absolute atomic E-state index is 6.14. The molecule has 1 aromatic rings. The highest BCUT2D eigenvalue weighted by Gasteiger charge is 2.28. The van der Waals surface area contributed by atoms with Gasteiger partial charge in [-0.3, -0.25) is 0 Å². The Morgan fingerprint density at radius 1 is 1.43 bits per heavy atom. The Hall–Kier alpha value is -0.730. The van der Waals surface area contributed by atoms with E-state index in [4.69, 9.17) is 22.1 Å². The molecule has 3 heteroatoms. The quantitative estimate of drug-likeness (QED) is 0.816. The minimum atomic E-state index is 0.359. The van der Waals surface area contributed by atoms with Gasteiger partial charge in [0.25, 0.3) is 0 Å². The summed E-state index contributed by atoms with van der Waals surface area (Å²) in [6, 6.07) is 6.21. The van der Waals surface area contributed by atoms with Crippen molar-refractivity contribution in [1.29, 1.82) is 0 Å². The van der Waals surface area contributed by atoms with Crippen molar-refractivity contribution in [2.45, 2.75) is 24.8 Å². The third-order valence-corrected chi connectivity index (χ3v) is 3.15. The summed E-state index contributed by atoms with van der Waals surface area (Å²) < 4.78 is 5.09. The molecule has 2 rings (SSSR count). The van der Waals surface area contributed by atoms with Crippen LogP contribution in [0.4, 0.5) is 0 Å². The predicted octanol–water partition coefficient (Wildman–Crippen LogP) is 2.55. The van der Waals surface area contributed by atoms with E-state index in [1.807, 2.05) is 18.2 Å². The van der Waals surface area contributed by atoms with Gasteiger partial charge in [0, 0.05) is 11.1 Å². The Morgan fingerprint density at radius 2 is 2.14 bits per heavy atom. The highest BCUT2D eigenvalue weighted by Crippen LogP contribution is 2.39. The molecule has 0 spiro atoms. The van der Waals surface area contributed by atoms with Crippen LogP contribution in [0.15, 0.2) is 18.2 Å². The number of benzene rings is 1. The number of ether oxygens (including phenoxy) is 1. The van der Waals surface area contributed by atoms with Gasteiger partial charge in [-0.25, -0.2) is 0 Å². The van der Waals surface area contributed by atoms with Gasteiger partial charge >= 0.3 is 0 Å². The largest absolute Gasteiger partial charge is 0.497 e. The van der Waals surface area contributed by atoms with Crippen LogP contribution in [0.25, 0.3) is 0 Å². The first-order valence-electron chi connectivity index (χ1n) is 4.79. The van der Waals surface area contributed by atoms with Crippen molar-refractivity contribution in [1.82, 2.24) is 0 Å². The summed E-state index contributed by atoms with van der Waals surface area (Å²) in [5.74, 6) is 1.35. The first kappa shape index (κ1) is 9.81. The smallest absolute Gasteiger partial charge is 0.120 e. The van der Waals surface area contributed by atoms with Crippen LogP contribution >= 0.6 is 11.6 Å². The average molecular weight is 212 g/mol. The molecule has 1 aliphatic rings. The second kappa shape index (κ2) is 3.79. The third kappa shape index (κ3) is 1.72. The van der Waals surface area contributed by atoms with Crippen molar-refractivity contribution in [3.8, 4) is 5.75 Å². The molecule has 0 bridgehead atoms. The number of halogens is 1. The van der Waals surface area contributed by atoms with Crippen molar-refractivity contribution in [2.75, 3.05) is 7.11 Å². The zero-order valence-electron chi connectivity index (χ0n) is 8.16. The monoisotopic (exact) mass is 211 g/mol. The summed E-state index contributed by atoms with van der Waals surface area (Å²) in [6.45, 7) is 0. The predicted molar refractivity (Wildman–Crippen MR) is 58.0 cm³/mol. The Morgan fingerprint density at radius 3 is 2.64 bits per heavy atom. The maximum Gasteiger partial charge on any atom is 0.120 e. The molecule has 0 aromatic heterocycles. The van der Waals surface area contributed by atoms with Gasteiger partial charge in [0.15, 0.2) is 0 Å². The minimum absolute atomic E-state index is 0.359. The van der Waals surface area contributed by atoms with Gasteiger partial charge in [-0.2, -0.15) is 0 Å². The molecule has 1 saturated carbocycles. The summed E-state index contributed by atoms with van der Waals surface area (Å²) >= 11 is 6.14. The van der Waals surface area contributed by atoms with E-state index in [-0.39, 0.29) is 0 Å². The number of hydrogen-bond acceptors (Lipinski definition) is 2. The second-order valence-corrected chi connectivity index (χ2v) is 4.22. The molecule has 1 fully saturated rings. The van der Waals surface area contributed by atoms with Crippen molar-refractivity contribution in [2.24, 2.45) is 5.73 Å². The molecular formula is C11H14ClNO.